The maximum Gasteiger partial charge on any atom is 0.0975 e. The Morgan fingerprint density at radius 3 is 2.71 bits per heavy atom. The zero-order valence-corrected chi connectivity index (χ0v) is 4.02. The second-order valence-electron chi connectivity index (χ2n) is 1.85. The molecule has 0 heterocycles. The highest BCUT2D eigenvalue weighted by molar-refractivity contribution is 5.03. The second kappa shape index (κ2) is 1.62. The summed E-state index contributed by atoms with van der Waals surface area (Å²) in [6.45, 7) is 0. The molecule has 0 aromatic rings. The molecule has 1 atom stereocenters. The summed E-state index contributed by atoms with van der Waals surface area (Å²) in [5.41, 5.74) is 5.33. The first-order chi connectivity index (χ1) is 3.29. The third kappa shape index (κ3) is 0.996. The van der Waals surface area contributed by atoms with Crippen LogP contribution in [0.2, 0.25) is 0 Å². The van der Waals surface area contributed by atoms with Gasteiger partial charge in [0.15, 0.2) is 0 Å². The summed E-state index contributed by atoms with van der Waals surface area (Å²) in [5.74, 6) is -0.0486. The van der Waals surface area contributed by atoms with Gasteiger partial charge in [0, 0.05) is 12.5 Å². The minimum atomic E-state index is -0.0486. The van der Waals surface area contributed by atoms with E-state index >= 15 is 0 Å². The van der Waals surface area contributed by atoms with Gasteiger partial charge in [0.2, 0.25) is 0 Å². The Bertz CT molecular complexity index is 98.3. The second-order valence-corrected chi connectivity index (χ2v) is 1.85. The first-order valence-corrected chi connectivity index (χ1v) is 2.39. The summed E-state index contributed by atoms with van der Waals surface area (Å²) in [7, 11) is 0. The van der Waals surface area contributed by atoms with E-state index in [-0.39, 0.29) is 11.9 Å². The number of rotatable bonds is 0. The first kappa shape index (κ1) is 4.78. The number of halogens is 1. The van der Waals surface area contributed by atoms with Crippen molar-refractivity contribution in [1.82, 2.24) is 0 Å². The Labute approximate surface area is 42.0 Å². The van der Waals surface area contributed by atoms with Gasteiger partial charge < -0.3 is 5.73 Å². The molecule has 0 spiro atoms. The molecule has 1 rings (SSSR count). The van der Waals surface area contributed by atoms with Crippen LogP contribution in [-0.4, -0.2) is 6.04 Å². The van der Waals surface area contributed by atoms with Gasteiger partial charge in [0.05, 0.1) is 5.83 Å². The molecule has 1 nitrogen and oxygen atoms in total. The highest BCUT2D eigenvalue weighted by Gasteiger charge is 2.10. The monoisotopic (exact) mass is 101 g/mol. The standard InChI is InChI=1S/C5H8FN/c6-4-1-2-5(7)3-4/h1,5H,2-3,7H2. The minimum absolute atomic E-state index is 0.0486. The third-order valence-electron chi connectivity index (χ3n) is 1.10. The fourth-order valence-electron chi connectivity index (χ4n) is 0.696. The van der Waals surface area contributed by atoms with Crippen LogP contribution in [0.3, 0.4) is 0 Å². The molecule has 0 saturated heterocycles. The van der Waals surface area contributed by atoms with Gasteiger partial charge in [0.25, 0.3) is 0 Å². The van der Waals surface area contributed by atoms with Crippen molar-refractivity contribution in [3.8, 4) is 0 Å². The van der Waals surface area contributed by atoms with Gasteiger partial charge in [-0.2, -0.15) is 0 Å². The molecule has 0 radical (unpaired) electrons. The summed E-state index contributed by atoms with van der Waals surface area (Å²) in [6.07, 6.45) is 2.70. The van der Waals surface area contributed by atoms with Crippen LogP contribution < -0.4 is 5.73 Å². The van der Waals surface area contributed by atoms with Gasteiger partial charge in [0.1, 0.15) is 0 Å². The van der Waals surface area contributed by atoms with Crippen LogP contribution in [0.4, 0.5) is 4.39 Å². The highest BCUT2D eigenvalue weighted by atomic mass is 19.1. The summed E-state index contributed by atoms with van der Waals surface area (Å²) in [5, 5.41) is 0. The molecule has 0 bridgehead atoms. The van der Waals surface area contributed by atoms with E-state index in [1.54, 1.807) is 6.08 Å². The van der Waals surface area contributed by atoms with Crippen LogP contribution in [0.15, 0.2) is 11.9 Å². The van der Waals surface area contributed by atoms with E-state index < -0.39 is 0 Å². The van der Waals surface area contributed by atoms with E-state index in [1.807, 2.05) is 0 Å². The van der Waals surface area contributed by atoms with Gasteiger partial charge in [-0.1, -0.05) is 6.08 Å². The molecule has 0 amide bonds. The highest BCUT2D eigenvalue weighted by Crippen LogP contribution is 2.16. The summed E-state index contributed by atoms with van der Waals surface area (Å²) in [6, 6.07) is 0.0556. The first-order valence-electron chi connectivity index (χ1n) is 2.39. The average Bonchev–Trinajstić information content (AvgIpc) is 1.87. The predicted octanol–water partition coefficient (Wildman–Crippen LogP) is 0.961. The zero-order valence-electron chi connectivity index (χ0n) is 4.02. The van der Waals surface area contributed by atoms with Gasteiger partial charge in [-0.3, -0.25) is 0 Å². The molecule has 0 aromatic heterocycles. The van der Waals surface area contributed by atoms with Crippen molar-refractivity contribution in [3.63, 3.8) is 0 Å². The molecule has 40 valence electrons. The van der Waals surface area contributed by atoms with E-state index in [9.17, 15) is 4.39 Å². The zero-order chi connectivity index (χ0) is 5.28. The summed E-state index contributed by atoms with van der Waals surface area (Å²) in [4.78, 5) is 0. The molecule has 0 aliphatic heterocycles. The number of hydrogen-bond acceptors (Lipinski definition) is 1. The Balaban J connectivity index is 2.42. The van der Waals surface area contributed by atoms with Crippen molar-refractivity contribution in [3.05, 3.63) is 11.9 Å². The number of nitrogens with two attached hydrogens (primary N) is 1. The van der Waals surface area contributed by atoms with E-state index in [0.717, 1.165) is 0 Å². The maximum atomic E-state index is 12.0. The number of hydrogen-bond donors (Lipinski definition) is 1. The fraction of sp³-hybridized carbons (Fsp3) is 0.600. The normalized spacial score (nSPS) is 30.6. The van der Waals surface area contributed by atoms with Gasteiger partial charge >= 0.3 is 0 Å². The lowest BCUT2D eigenvalue weighted by Crippen LogP contribution is -2.14. The molecular formula is C5H8FN. The molecule has 0 fully saturated rings. The molecule has 1 unspecified atom stereocenters. The van der Waals surface area contributed by atoms with Crippen molar-refractivity contribution < 1.29 is 4.39 Å². The van der Waals surface area contributed by atoms with Crippen LogP contribution in [-0.2, 0) is 0 Å². The van der Waals surface area contributed by atoms with E-state index in [4.69, 9.17) is 5.73 Å². The predicted molar refractivity (Wildman–Crippen MR) is 26.4 cm³/mol. The van der Waals surface area contributed by atoms with Gasteiger partial charge in [-0.15, -0.1) is 0 Å². The van der Waals surface area contributed by atoms with Gasteiger partial charge in [-0.05, 0) is 6.42 Å². The fourth-order valence-corrected chi connectivity index (χ4v) is 0.696. The Morgan fingerprint density at radius 2 is 2.57 bits per heavy atom. The molecule has 1 aliphatic rings. The van der Waals surface area contributed by atoms with Crippen LogP contribution in [0, 0.1) is 0 Å². The molecule has 7 heavy (non-hydrogen) atoms. The largest absolute Gasteiger partial charge is 0.327 e. The topological polar surface area (TPSA) is 26.0 Å². The Morgan fingerprint density at radius 1 is 1.86 bits per heavy atom. The lowest BCUT2D eigenvalue weighted by molar-refractivity contribution is 0.578. The quantitative estimate of drug-likeness (QED) is 0.483. The molecule has 0 aromatic carbocycles. The molecule has 2 N–H and O–H groups in total. The average molecular weight is 101 g/mol. The molecule has 2 heteroatoms. The Kier molecular flexibility index (Phi) is 1.11. The lowest BCUT2D eigenvalue weighted by Gasteiger charge is -1.94. The van der Waals surface area contributed by atoms with Crippen LogP contribution in [0.25, 0.3) is 0 Å². The van der Waals surface area contributed by atoms with Crippen LogP contribution in [0.5, 0.6) is 0 Å². The van der Waals surface area contributed by atoms with E-state index in [0.29, 0.717) is 12.8 Å². The lowest BCUT2D eigenvalue weighted by atomic mass is 10.3. The summed E-state index contributed by atoms with van der Waals surface area (Å²) < 4.78 is 12.0. The van der Waals surface area contributed by atoms with Crippen molar-refractivity contribution in [1.29, 1.82) is 0 Å². The maximum absolute atomic E-state index is 12.0. The third-order valence-corrected chi connectivity index (χ3v) is 1.10. The Hall–Kier alpha value is -0.370. The molecular weight excluding hydrogens is 93.1 g/mol. The minimum Gasteiger partial charge on any atom is -0.327 e. The van der Waals surface area contributed by atoms with Crippen molar-refractivity contribution in [2.45, 2.75) is 18.9 Å². The van der Waals surface area contributed by atoms with Crippen molar-refractivity contribution >= 4 is 0 Å². The van der Waals surface area contributed by atoms with Crippen molar-refractivity contribution in [2.24, 2.45) is 5.73 Å². The van der Waals surface area contributed by atoms with Crippen molar-refractivity contribution in [2.75, 3.05) is 0 Å². The van der Waals surface area contributed by atoms with Gasteiger partial charge in [-0.25, -0.2) is 4.39 Å². The van der Waals surface area contributed by atoms with E-state index in [2.05, 4.69) is 0 Å². The smallest absolute Gasteiger partial charge is 0.0975 e. The molecule has 1 aliphatic carbocycles. The van der Waals surface area contributed by atoms with Crippen LogP contribution >= 0.6 is 0 Å². The molecule has 0 saturated carbocycles. The van der Waals surface area contributed by atoms with Crippen LogP contribution in [0.1, 0.15) is 12.8 Å². The SMILES string of the molecule is NC1CC=C(F)C1. The van der Waals surface area contributed by atoms with E-state index in [1.165, 1.54) is 0 Å². The summed E-state index contributed by atoms with van der Waals surface area (Å²) >= 11 is 0.